The van der Waals surface area contributed by atoms with Crippen molar-refractivity contribution in [2.45, 2.75) is 71.3 Å². The van der Waals surface area contributed by atoms with E-state index in [1.807, 2.05) is 0 Å². The Bertz CT molecular complexity index is 378. The van der Waals surface area contributed by atoms with Gasteiger partial charge in [0.1, 0.15) is 5.60 Å². The lowest BCUT2D eigenvalue weighted by molar-refractivity contribution is -0.164. The van der Waals surface area contributed by atoms with Crippen molar-refractivity contribution < 1.29 is 19.1 Å². The third-order valence-corrected chi connectivity index (χ3v) is 4.18. The van der Waals surface area contributed by atoms with Gasteiger partial charge in [-0.25, -0.2) is 4.79 Å². The Kier molecular flexibility index (Phi) is 6.93. The van der Waals surface area contributed by atoms with Crippen molar-refractivity contribution in [1.82, 2.24) is 0 Å². The monoisotopic (exact) mass is 296 g/mol. The SMILES string of the molecule is C=C(C)C(=O)OCCCCC(=O)OC1(C(C)C)CCCC1. The van der Waals surface area contributed by atoms with Gasteiger partial charge in [0.25, 0.3) is 0 Å². The molecule has 1 aliphatic rings. The summed E-state index contributed by atoms with van der Waals surface area (Å²) in [7, 11) is 0. The minimum Gasteiger partial charge on any atom is -0.462 e. The van der Waals surface area contributed by atoms with Crippen LogP contribution in [0, 0.1) is 5.92 Å². The average Bonchev–Trinajstić information content (AvgIpc) is 2.87. The van der Waals surface area contributed by atoms with Crippen molar-refractivity contribution in [3.8, 4) is 0 Å². The van der Waals surface area contributed by atoms with E-state index in [9.17, 15) is 9.59 Å². The molecule has 0 atom stereocenters. The largest absolute Gasteiger partial charge is 0.462 e. The summed E-state index contributed by atoms with van der Waals surface area (Å²) < 4.78 is 10.8. The summed E-state index contributed by atoms with van der Waals surface area (Å²) >= 11 is 0. The Balaban J connectivity index is 2.22. The zero-order chi connectivity index (χ0) is 15.9. The number of esters is 2. The van der Waals surface area contributed by atoms with Crippen LogP contribution in [0.5, 0.6) is 0 Å². The molecule has 0 aromatic heterocycles. The Morgan fingerprint density at radius 3 is 2.33 bits per heavy atom. The van der Waals surface area contributed by atoms with Crippen LogP contribution < -0.4 is 0 Å². The van der Waals surface area contributed by atoms with Crippen molar-refractivity contribution >= 4 is 11.9 Å². The van der Waals surface area contributed by atoms with Crippen LogP contribution in [-0.4, -0.2) is 24.1 Å². The van der Waals surface area contributed by atoms with Gasteiger partial charge in [0.15, 0.2) is 0 Å². The van der Waals surface area contributed by atoms with Gasteiger partial charge in [-0.2, -0.15) is 0 Å². The quantitative estimate of drug-likeness (QED) is 0.388. The molecule has 4 heteroatoms. The normalized spacial score (nSPS) is 16.8. The Morgan fingerprint density at radius 1 is 1.19 bits per heavy atom. The summed E-state index contributed by atoms with van der Waals surface area (Å²) in [4.78, 5) is 23.1. The number of rotatable bonds is 8. The predicted molar refractivity (Wildman–Crippen MR) is 81.8 cm³/mol. The fraction of sp³-hybridized carbons (Fsp3) is 0.765. The molecule has 21 heavy (non-hydrogen) atoms. The highest BCUT2D eigenvalue weighted by atomic mass is 16.6. The topological polar surface area (TPSA) is 52.6 Å². The van der Waals surface area contributed by atoms with Crippen LogP contribution in [0.3, 0.4) is 0 Å². The van der Waals surface area contributed by atoms with Crippen molar-refractivity contribution in [3.05, 3.63) is 12.2 Å². The number of hydrogen-bond donors (Lipinski definition) is 0. The standard InChI is InChI=1S/C17H28O4/c1-13(2)16(19)20-12-8-5-9-15(18)21-17(14(3)4)10-6-7-11-17/h14H,1,5-12H2,2-4H3. The Labute approximate surface area is 127 Å². The highest BCUT2D eigenvalue weighted by molar-refractivity contribution is 5.86. The maximum absolute atomic E-state index is 12.0. The second-order valence-electron chi connectivity index (χ2n) is 6.27. The predicted octanol–water partition coefficient (Wildman–Crippen LogP) is 3.79. The third kappa shape index (κ3) is 5.52. The number of carbonyl (C=O) groups is 2. The summed E-state index contributed by atoms with van der Waals surface area (Å²) in [5, 5.41) is 0. The third-order valence-electron chi connectivity index (χ3n) is 4.18. The maximum atomic E-state index is 12.0. The van der Waals surface area contributed by atoms with E-state index in [1.54, 1.807) is 6.92 Å². The van der Waals surface area contributed by atoms with E-state index >= 15 is 0 Å². The summed E-state index contributed by atoms with van der Waals surface area (Å²) in [5.74, 6) is -0.139. The molecule has 120 valence electrons. The first-order valence-corrected chi connectivity index (χ1v) is 7.92. The highest BCUT2D eigenvalue weighted by Gasteiger charge is 2.40. The molecule has 0 spiro atoms. The first-order chi connectivity index (χ1) is 9.87. The molecule has 0 aromatic rings. The summed E-state index contributed by atoms with van der Waals surface area (Å²) in [5.41, 5.74) is 0.151. The minimum absolute atomic E-state index is 0.128. The Hall–Kier alpha value is -1.32. The van der Waals surface area contributed by atoms with Crippen LogP contribution >= 0.6 is 0 Å². The van der Waals surface area contributed by atoms with E-state index in [0.717, 1.165) is 25.7 Å². The number of carbonyl (C=O) groups excluding carboxylic acids is 2. The molecule has 0 N–H and O–H groups in total. The van der Waals surface area contributed by atoms with Gasteiger partial charge in [0, 0.05) is 12.0 Å². The second-order valence-corrected chi connectivity index (χ2v) is 6.27. The van der Waals surface area contributed by atoms with Crippen molar-refractivity contribution in [1.29, 1.82) is 0 Å². The van der Waals surface area contributed by atoms with Crippen LogP contribution in [0.25, 0.3) is 0 Å². The average molecular weight is 296 g/mol. The molecule has 1 rings (SSSR count). The van der Waals surface area contributed by atoms with Gasteiger partial charge in [0.2, 0.25) is 0 Å². The van der Waals surface area contributed by atoms with E-state index in [4.69, 9.17) is 9.47 Å². The van der Waals surface area contributed by atoms with Crippen LogP contribution in [0.1, 0.15) is 65.7 Å². The molecule has 0 aliphatic heterocycles. The van der Waals surface area contributed by atoms with Crippen LogP contribution in [-0.2, 0) is 19.1 Å². The molecule has 1 fully saturated rings. The lowest BCUT2D eigenvalue weighted by atomic mass is 9.88. The molecular weight excluding hydrogens is 268 g/mol. The van der Waals surface area contributed by atoms with Gasteiger partial charge in [-0.3, -0.25) is 4.79 Å². The highest BCUT2D eigenvalue weighted by Crippen LogP contribution is 2.39. The lowest BCUT2D eigenvalue weighted by Crippen LogP contribution is -2.37. The van der Waals surface area contributed by atoms with Crippen LogP contribution in [0.15, 0.2) is 12.2 Å². The van der Waals surface area contributed by atoms with Gasteiger partial charge in [0.05, 0.1) is 6.61 Å². The first-order valence-electron chi connectivity index (χ1n) is 7.92. The molecule has 0 aromatic carbocycles. The molecular formula is C17H28O4. The number of ether oxygens (including phenoxy) is 2. The molecule has 0 radical (unpaired) electrons. The molecule has 1 saturated carbocycles. The van der Waals surface area contributed by atoms with E-state index < -0.39 is 0 Å². The van der Waals surface area contributed by atoms with Crippen LogP contribution in [0.2, 0.25) is 0 Å². The first kappa shape index (κ1) is 17.7. The molecule has 4 nitrogen and oxygen atoms in total. The second kappa shape index (κ2) is 8.20. The van der Waals surface area contributed by atoms with Gasteiger partial charge in [-0.05, 0) is 51.4 Å². The summed E-state index contributed by atoms with van der Waals surface area (Å²) in [6, 6.07) is 0. The lowest BCUT2D eigenvalue weighted by Gasteiger charge is -2.33. The Morgan fingerprint density at radius 2 is 1.81 bits per heavy atom. The van der Waals surface area contributed by atoms with Gasteiger partial charge in [-0.1, -0.05) is 20.4 Å². The zero-order valence-electron chi connectivity index (χ0n) is 13.6. The molecule has 0 saturated heterocycles. The van der Waals surface area contributed by atoms with Crippen molar-refractivity contribution in [2.75, 3.05) is 6.61 Å². The van der Waals surface area contributed by atoms with Crippen molar-refractivity contribution in [2.24, 2.45) is 5.92 Å². The summed E-state index contributed by atoms with van der Waals surface area (Å²) in [6.07, 6.45) is 5.97. The number of unbranched alkanes of at least 4 members (excludes halogenated alkanes) is 1. The molecule has 1 aliphatic carbocycles. The fourth-order valence-electron chi connectivity index (χ4n) is 2.71. The van der Waals surface area contributed by atoms with Gasteiger partial charge < -0.3 is 9.47 Å². The molecule has 0 heterocycles. The van der Waals surface area contributed by atoms with Gasteiger partial charge >= 0.3 is 11.9 Å². The molecule has 0 bridgehead atoms. The zero-order valence-corrected chi connectivity index (χ0v) is 13.6. The summed E-state index contributed by atoms with van der Waals surface area (Å²) in [6.45, 7) is 9.70. The smallest absolute Gasteiger partial charge is 0.333 e. The van der Waals surface area contributed by atoms with Crippen LogP contribution in [0.4, 0.5) is 0 Å². The number of hydrogen-bond acceptors (Lipinski definition) is 4. The maximum Gasteiger partial charge on any atom is 0.333 e. The van der Waals surface area contributed by atoms with E-state index in [-0.39, 0.29) is 17.5 Å². The molecule has 0 unspecified atom stereocenters. The fourth-order valence-corrected chi connectivity index (χ4v) is 2.71. The molecule has 0 amide bonds. The minimum atomic E-state index is -0.373. The van der Waals surface area contributed by atoms with Gasteiger partial charge in [-0.15, -0.1) is 0 Å². The van der Waals surface area contributed by atoms with E-state index in [2.05, 4.69) is 20.4 Å². The van der Waals surface area contributed by atoms with E-state index in [1.165, 1.54) is 0 Å². The van der Waals surface area contributed by atoms with Crippen molar-refractivity contribution in [3.63, 3.8) is 0 Å². The van der Waals surface area contributed by atoms with E-state index in [0.29, 0.717) is 37.4 Å².